The van der Waals surface area contributed by atoms with Gasteiger partial charge in [-0.25, -0.2) is 0 Å². The molecule has 1 heterocycles. The van der Waals surface area contributed by atoms with Crippen LogP contribution in [0.15, 0.2) is 16.7 Å². The second kappa shape index (κ2) is 5.25. The lowest BCUT2D eigenvalue weighted by molar-refractivity contribution is 0.0913. The SMILES string of the molecule is CC1CCCC(NC(=O)c2cc(Br)cn2C)C1. The molecule has 0 saturated heterocycles. The highest BCUT2D eigenvalue weighted by molar-refractivity contribution is 9.10. The average Bonchev–Trinajstić information content (AvgIpc) is 2.58. The van der Waals surface area contributed by atoms with Crippen LogP contribution in [0.5, 0.6) is 0 Å². The number of halogens is 1. The van der Waals surface area contributed by atoms with Gasteiger partial charge in [0.1, 0.15) is 5.69 Å². The molecule has 1 aromatic heterocycles. The van der Waals surface area contributed by atoms with Crippen LogP contribution < -0.4 is 5.32 Å². The van der Waals surface area contributed by atoms with E-state index in [9.17, 15) is 4.79 Å². The number of rotatable bonds is 2. The Bertz CT molecular complexity index is 414. The van der Waals surface area contributed by atoms with Crippen LogP contribution >= 0.6 is 15.9 Å². The Hall–Kier alpha value is -0.770. The van der Waals surface area contributed by atoms with Gasteiger partial charge in [0.2, 0.25) is 0 Å². The lowest BCUT2D eigenvalue weighted by atomic mass is 9.87. The maximum atomic E-state index is 12.1. The van der Waals surface area contributed by atoms with E-state index in [-0.39, 0.29) is 5.91 Å². The van der Waals surface area contributed by atoms with Crippen LogP contribution in [0, 0.1) is 5.92 Å². The Kier molecular flexibility index (Phi) is 3.92. The maximum absolute atomic E-state index is 12.1. The van der Waals surface area contributed by atoms with E-state index in [0.717, 1.165) is 28.9 Å². The number of nitrogens with one attached hydrogen (secondary N) is 1. The van der Waals surface area contributed by atoms with Crippen LogP contribution in [0.1, 0.15) is 43.1 Å². The zero-order chi connectivity index (χ0) is 12.4. The number of hydrogen-bond acceptors (Lipinski definition) is 1. The number of aryl methyl sites for hydroxylation is 1. The van der Waals surface area contributed by atoms with Gasteiger partial charge in [0.15, 0.2) is 0 Å². The van der Waals surface area contributed by atoms with E-state index < -0.39 is 0 Å². The lowest BCUT2D eigenvalue weighted by Crippen LogP contribution is -2.38. The number of carbonyl (C=O) groups excluding carboxylic acids is 1. The van der Waals surface area contributed by atoms with Gasteiger partial charge in [0, 0.05) is 23.8 Å². The summed E-state index contributed by atoms with van der Waals surface area (Å²) in [6.45, 7) is 2.26. The fourth-order valence-electron chi connectivity index (χ4n) is 2.57. The van der Waals surface area contributed by atoms with Gasteiger partial charge in [-0.2, -0.15) is 0 Å². The molecule has 0 bridgehead atoms. The standard InChI is InChI=1S/C13H19BrN2O/c1-9-4-3-5-11(6-9)15-13(17)12-7-10(14)8-16(12)2/h7-9,11H,3-6H2,1-2H3,(H,15,17). The largest absolute Gasteiger partial charge is 0.348 e. The van der Waals surface area contributed by atoms with Gasteiger partial charge in [-0.05, 0) is 40.8 Å². The third kappa shape index (κ3) is 3.12. The quantitative estimate of drug-likeness (QED) is 0.894. The van der Waals surface area contributed by atoms with Crippen molar-refractivity contribution in [1.82, 2.24) is 9.88 Å². The number of carbonyl (C=O) groups is 1. The Morgan fingerprint density at radius 2 is 2.29 bits per heavy atom. The maximum Gasteiger partial charge on any atom is 0.268 e. The topological polar surface area (TPSA) is 34.0 Å². The molecule has 1 fully saturated rings. The van der Waals surface area contributed by atoms with Gasteiger partial charge >= 0.3 is 0 Å². The lowest BCUT2D eigenvalue weighted by Gasteiger charge is -2.27. The highest BCUT2D eigenvalue weighted by Crippen LogP contribution is 2.24. The molecule has 0 radical (unpaired) electrons. The molecule has 17 heavy (non-hydrogen) atoms. The average molecular weight is 299 g/mol. The number of nitrogens with zero attached hydrogens (tertiary/aromatic N) is 1. The Labute approximate surface area is 111 Å². The van der Waals surface area contributed by atoms with Gasteiger partial charge in [0.25, 0.3) is 5.91 Å². The molecule has 2 unspecified atom stereocenters. The molecule has 3 nitrogen and oxygen atoms in total. The molecule has 1 saturated carbocycles. The van der Waals surface area contributed by atoms with Gasteiger partial charge in [0.05, 0.1) is 0 Å². The second-order valence-corrected chi connectivity index (χ2v) is 6.01. The highest BCUT2D eigenvalue weighted by atomic mass is 79.9. The van der Waals surface area contributed by atoms with Gasteiger partial charge in [-0.1, -0.05) is 19.8 Å². The van der Waals surface area contributed by atoms with E-state index in [0.29, 0.717) is 6.04 Å². The molecule has 1 aromatic rings. The van der Waals surface area contributed by atoms with Crippen LogP contribution in [0.2, 0.25) is 0 Å². The van der Waals surface area contributed by atoms with Crippen LogP contribution in [0.3, 0.4) is 0 Å². The van der Waals surface area contributed by atoms with E-state index in [2.05, 4.69) is 28.2 Å². The Morgan fingerprint density at radius 3 is 2.88 bits per heavy atom. The Morgan fingerprint density at radius 1 is 1.53 bits per heavy atom. The zero-order valence-corrected chi connectivity index (χ0v) is 12.0. The molecular weight excluding hydrogens is 280 g/mol. The summed E-state index contributed by atoms with van der Waals surface area (Å²) in [6.07, 6.45) is 6.64. The fourth-order valence-corrected chi connectivity index (χ4v) is 3.10. The third-order valence-corrected chi connectivity index (χ3v) is 3.91. The molecule has 1 N–H and O–H groups in total. The van der Waals surface area contributed by atoms with Crippen molar-refractivity contribution in [3.05, 3.63) is 22.4 Å². The summed E-state index contributed by atoms with van der Waals surface area (Å²) in [7, 11) is 1.89. The molecule has 0 aromatic carbocycles. The first kappa shape index (κ1) is 12.7. The fraction of sp³-hybridized carbons (Fsp3) is 0.615. The summed E-state index contributed by atoms with van der Waals surface area (Å²) < 4.78 is 2.80. The van der Waals surface area contributed by atoms with Crippen molar-refractivity contribution in [3.8, 4) is 0 Å². The van der Waals surface area contributed by atoms with E-state index in [1.165, 1.54) is 12.8 Å². The first-order valence-electron chi connectivity index (χ1n) is 6.19. The van der Waals surface area contributed by atoms with Gasteiger partial charge in [-0.3, -0.25) is 4.79 Å². The molecule has 1 aliphatic carbocycles. The van der Waals surface area contributed by atoms with Crippen LogP contribution in [-0.4, -0.2) is 16.5 Å². The van der Waals surface area contributed by atoms with Crippen LogP contribution in [0.25, 0.3) is 0 Å². The summed E-state index contributed by atoms with van der Waals surface area (Å²) in [4.78, 5) is 12.1. The van der Waals surface area contributed by atoms with Crippen molar-refractivity contribution in [2.24, 2.45) is 13.0 Å². The van der Waals surface area contributed by atoms with E-state index in [1.54, 1.807) is 0 Å². The van der Waals surface area contributed by atoms with Crippen molar-refractivity contribution >= 4 is 21.8 Å². The number of amides is 1. The first-order chi connectivity index (χ1) is 8.06. The van der Waals surface area contributed by atoms with Crippen molar-refractivity contribution in [3.63, 3.8) is 0 Å². The number of hydrogen-bond donors (Lipinski definition) is 1. The van der Waals surface area contributed by atoms with E-state index >= 15 is 0 Å². The minimum Gasteiger partial charge on any atom is -0.348 e. The van der Waals surface area contributed by atoms with Gasteiger partial charge in [-0.15, -0.1) is 0 Å². The van der Waals surface area contributed by atoms with Gasteiger partial charge < -0.3 is 9.88 Å². The molecule has 0 aliphatic heterocycles. The van der Waals surface area contributed by atoms with Crippen molar-refractivity contribution in [2.45, 2.75) is 38.6 Å². The monoisotopic (exact) mass is 298 g/mol. The smallest absolute Gasteiger partial charge is 0.268 e. The summed E-state index contributed by atoms with van der Waals surface area (Å²) >= 11 is 3.39. The zero-order valence-electron chi connectivity index (χ0n) is 10.4. The molecule has 1 aliphatic rings. The van der Waals surface area contributed by atoms with Crippen LogP contribution in [0.4, 0.5) is 0 Å². The van der Waals surface area contributed by atoms with Crippen molar-refractivity contribution in [2.75, 3.05) is 0 Å². The molecule has 2 rings (SSSR count). The summed E-state index contributed by atoms with van der Waals surface area (Å²) in [5.41, 5.74) is 0.718. The highest BCUT2D eigenvalue weighted by Gasteiger charge is 2.21. The number of aromatic nitrogens is 1. The second-order valence-electron chi connectivity index (χ2n) is 5.10. The Balaban J connectivity index is 1.99. The minimum absolute atomic E-state index is 0.0392. The first-order valence-corrected chi connectivity index (χ1v) is 6.98. The minimum atomic E-state index is 0.0392. The summed E-state index contributed by atoms with van der Waals surface area (Å²) in [6, 6.07) is 2.21. The van der Waals surface area contributed by atoms with Crippen molar-refractivity contribution < 1.29 is 4.79 Å². The third-order valence-electron chi connectivity index (χ3n) is 3.48. The molecule has 0 spiro atoms. The van der Waals surface area contributed by atoms with Crippen LogP contribution in [-0.2, 0) is 7.05 Å². The summed E-state index contributed by atoms with van der Waals surface area (Å²) in [5, 5.41) is 3.14. The molecule has 1 amide bonds. The molecular formula is C13H19BrN2O. The molecule has 4 heteroatoms. The van der Waals surface area contributed by atoms with E-state index in [1.807, 2.05) is 23.9 Å². The van der Waals surface area contributed by atoms with E-state index in [4.69, 9.17) is 0 Å². The predicted molar refractivity (Wildman–Crippen MR) is 72.0 cm³/mol. The summed E-state index contributed by atoms with van der Waals surface area (Å²) in [5.74, 6) is 0.770. The predicted octanol–water partition coefficient (Wildman–Crippen LogP) is 3.10. The molecule has 2 atom stereocenters. The van der Waals surface area contributed by atoms with Crippen molar-refractivity contribution in [1.29, 1.82) is 0 Å². The molecule has 94 valence electrons. The normalized spacial score (nSPS) is 24.6.